The second-order valence-corrected chi connectivity index (χ2v) is 7.34. The number of nitrogens with one attached hydrogen (secondary N) is 2. The van der Waals surface area contributed by atoms with Crippen LogP contribution in [0.4, 0.5) is 5.69 Å². The molecular formula is C21H21N5O2S. The average molecular weight is 407 g/mol. The number of hydrogen-bond donors (Lipinski definition) is 2. The Balaban J connectivity index is 1.68. The summed E-state index contributed by atoms with van der Waals surface area (Å²) in [6.45, 7) is 3.08. The number of thioether (sulfide) groups is 1. The first-order valence-corrected chi connectivity index (χ1v) is 10.2. The molecule has 29 heavy (non-hydrogen) atoms. The van der Waals surface area contributed by atoms with Crippen LogP contribution in [0.15, 0.2) is 58.2 Å². The Morgan fingerprint density at radius 2 is 2.00 bits per heavy atom. The molecule has 1 heterocycles. The zero-order chi connectivity index (χ0) is 20.6. The van der Waals surface area contributed by atoms with Crippen molar-refractivity contribution in [1.82, 2.24) is 14.9 Å². The number of fused-ring (bicyclic) bond motifs is 1. The molecule has 0 bridgehead atoms. The Kier molecular flexibility index (Phi) is 7.00. The SMILES string of the molecule is CCN(CC(=O)Nc1ccccc1SCC#N)Cc1nc2ccccc2c(=O)[nH]1. The van der Waals surface area contributed by atoms with Crippen molar-refractivity contribution >= 4 is 34.3 Å². The molecule has 2 N–H and O–H groups in total. The van der Waals surface area contributed by atoms with Crippen LogP contribution < -0.4 is 10.9 Å². The number of hydrogen-bond acceptors (Lipinski definition) is 6. The Morgan fingerprint density at radius 3 is 2.79 bits per heavy atom. The van der Waals surface area contributed by atoms with Gasteiger partial charge in [-0.1, -0.05) is 31.2 Å². The number of nitrogens with zero attached hydrogens (tertiary/aromatic N) is 3. The number of anilines is 1. The van der Waals surface area contributed by atoms with Crippen molar-refractivity contribution in [1.29, 1.82) is 5.26 Å². The molecule has 3 rings (SSSR count). The molecular weight excluding hydrogens is 386 g/mol. The molecule has 1 aromatic heterocycles. The maximum atomic E-state index is 12.6. The lowest BCUT2D eigenvalue weighted by atomic mass is 10.2. The van der Waals surface area contributed by atoms with Crippen molar-refractivity contribution in [3.8, 4) is 6.07 Å². The van der Waals surface area contributed by atoms with Gasteiger partial charge in [-0.25, -0.2) is 4.98 Å². The van der Waals surface area contributed by atoms with Gasteiger partial charge in [0.05, 0.1) is 41.5 Å². The fourth-order valence-electron chi connectivity index (χ4n) is 2.90. The molecule has 0 saturated carbocycles. The monoisotopic (exact) mass is 407 g/mol. The van der Waals surface area contributed by atoms with Gasteiger partial charge in [0.15, 0.2) is 0 Å². The molecule has 148 valence electrons. The lowest BCUT2D eigenvalue weighted by Crippen LogP contribution is -2.34. The number of para-hydroxylation sites is 2. The van der Waals surface area contributed by atoms with Crippen molar-refractivity contribution in [3.05, 3.63) is 64.7 Å². The van der Waals surface area contributed by atoms with E-state index < -0.39 is 0 Å². The fourth-order valence-corrected chi connectivity index (χ4v) is 3.57. The van der Waals surface area contributed by atoms with E-state index in [9.17, 15) is 9.59 Å². The van der Waals surface area contributed by atoms with E-state index in [2.05, 4.69) is 21.4 Å². The standard InChI is InChI=1S/C21H21N5O2S/c1-2-26(13-19-23-16-8-4-3-7-15(16)21(28)25-19)14-20(27)24-17-9-5-6-10-18(17)29-12-11-22/h3-10H,2,12-14H2,1H3,(H,24,27)(H,23,25,28). The van der Waals surface area contributed by atoms with Crippen LogP contribution in [0.1, 0.15) is 12.7 Å². The van der Waals surface area contributed by atoms with Crippen LogP contribution in [-0.4, -0.2) is 39.6 Å². The fraction of sp³-hybridized carbons (Fsp3) is 0.238. The van der Waals surface area contributed by atoms with Crippen LogP contribution in [-0.2, 0) is 11.3 Å². The van der Waals surface area contributed by atoms with Crippen LogP contribution in [0.3, 0.4) is 0 Å². The van der Waals surface area contributed by atoms with Crippen molar-refractivity contribution in [2.75, 3.05) is 24.2 Å². The Bertz CT molecular complexity index is 1110. The number of aromatic amines is 1. The molecule has 0 aliphatic rings. The summed E-state index contributed by atoms with van der Waals surface area (Å²) in [5.41, 5.74) is 1.13. The van der Waals surface area contributed by atoms with E-state index in [-0.39, 0.29) is 18.0 Å². The normalized spacial score (nSPS) is 10.8. The first-order valence-electron chi connectivity index (χ1n) is 9.19. The van der Waals surface area contributed by atoms with Gasteiger partial charge in [-0.15, -0.1) is 11.8 Å². The Morgan fingerprint density at radius 1 is 1.24 bits per heavy atom. The molecule has 0 spiro atoms. The third-order valence-electron chi connectivity index (χ3n) is 4.30. The van der Waals surface area contributed by atoms with Crippen molar-refractivity contribution in [3.63, 3.8) is 0 Å². The van der Waals surface area contributed by atoms with E-state index in [1.807, 2.05) is 42.2 Å². The summed E-state index contributed by atoms with van der Waals surface area (Å²) in [5, 5.41) is 12.2. The summed E-state index contributed by atoms with van der Waals surface area (Å²) in [5.74, 6) is 0.669. The van der Waals surface area contributed by atoms with Gasteiger partial charge in [0, 0.05) is 4.90 Å². The number of amides is 1. The zero-order valence-corrected chi connectivity index (χ0v) is 16.8. The molecule has 3 aromatic rings. The summed E-state index contributed by atoms with van der Waals surface area (Å²) in [6, 6.07) is 16.7. The highest BCUT2D eigenvalue weighted by atomic mass is 32.2. The van der Waals surface area contributed by atoms with E-state index in [0.29, 0.717) is 41.3 Å². The lowest BCUT2D eigenvalue weighted by molar-refractivity contribution is -0.117. The highest BCUT2D eigenvalue weighted by Gasteiger charge is 2.13. The highest BCUT2D eigenvalue weighted by molar-refractivity contribution is 7.99. The van der Waals surface area contributed by atoms with Gasteiger partial charge < -0.3 is 10.3 Å². The van der Waals surface area contributed by atoms with Gasteiger partial charge in [-0.3, -0.25) is 14.5 Å². The molecule has 2 aromatic carbocycles. The summed E-state index contributed by atoms with van der Waals surface area (Å²) in [4.78, 5) is 34.8. The molecule has 7 nitrogen and oxygen atoms in total. The predicted molar refractivity (Wildman–Crippen MR) is 115 cm³/mol. The minimum absolute atomic E-state index is 0.157. The van der Waals surface area contributed by atoms with E-state index in [4.69, 9.17) is 5.26 Å². The second kappa shape index (κ2) is 9.87. The molecule has 0 atom stereocenters. The third-order valence-corrected chi connectivity index (χ3v) is 5.24. The van der Waals surface area contributed by atoms with Crippen LogP contribution in [0.2, 0.25) is 0 Å². The largest absolute Gasteiger partial charge is 0.324 e. The van der Waals surface area contributed by atoms with E-state index in [1.165, 1.54) is 11.8 Å². The van der Waals surface area contributed by atoms with Gasteiger partial charge in [0.1, 0.15) is 5.82 Å². The van der Waals surface area contributed by atoms with Gasteiger partial charge in [0.2, 0.25) is 5.91 Å². The van der Waals surface area contributed by atoms with Crippen molar-refractivity contribution < 1.29 is 4.79 Å². The number of aromatic nitrogens is 2. The molecule has 0 aliphatic heterocycles. The number of H-pyrrole nitrogens is 1. The number of carbonyl (C=O) groups excluding carboxylic acids is 1. The molecule has 0 fully saturated rings. The quantitative estimate of drug-likeness (QED) is 0.557. The molecule has 1 amide bonds. The van der Waals surface area contributed by atoms with Gasteiger partial charge in [0.25, 0.3) is 5.56 Å². The molecule has 0 aliphatic carbocycles. The first-order chi connectivity index (χ1) is 14.1. The minimum Gasteiger partial charge on any atom is -0.324 e. The summed E-state index contributed by atoms with van der Waals surface area (Å²) < 4.78 is 0. The number of carbonyl (C=O) groups is 1. The van der Waals surface area contributed by atoms with Crippen LogP contribution in [0.25, 0.3) is 10.9 Å². The highest BCUT2D eigenvalue weighted by Crippen LogP contribution is 2.26. The molecule has 8 heteroatoms. The van der Waals surface area contributed by atoms with E-state index in [0.717, 1.165) is 4.90 Å². The zero-order valence-electron chi connectivity index (χ0n) is 16.0. The number of rotatable bonds is 8. The van der Waals surface area contributed by atoms with Crippen LogP contribution >= 0.6 is 11.8 Å². The number of nitriles is 1. The maximum absolute atomic E-state index is 12.6. The minimum atomic E-state index is -0.186. The average Bonchev–Trinajstić information content (AvgIpc) is 2.72. The first kappa shape index (κ1) is 20.6. The van der Waals surface area contributed by atoms with Gasteiger partial charge in [-0.05, 0) is 30.8 Å². The van der Waals surface area contributed by atoms with E-state index >= 15 is 0 Å². The molecule has 0 radical (unpaired) electrons. The number of benzene rings is 2. The van der Waals surface area contributed by atoms with Crippen molar-refractivity contribution in [2.45, 2.75) is 18.4 Å². The predicted octanol–water partition coefficient (Wildman–Crippen LogP) is 3.00. The Hall–Kier alpha value is -3.15. The molecule has 0 saturated heterocycles. The maximum Gasteiger partial charge on any atom is 0.258 e. The second-order valence-electron chi connectivity index (χ2n) is 6.32. The van der Waals surface area contributed by atoms with Crippen molar-refractivity contribution in [2.24, 2.45) is 0 Å². The topological polar surface area (TPSA) is 102 Å². The lowest BCUT2D eigenvalue weighted by Gasteiger charge is -2.20. The summed E-state index contributed by atoms with van der Waals surface area (Å²) >= 11 is 1.38. The Labute approximate surface area is 172 Å². The smallest absolute Gasteiger partial charge is 0.258 e. The summed E-state index contributed by atoms with van der Waals surface area (Å²) in [6.07, 6.45) is 0. The van der Waals surface area contributed by atoms with Crippen LogP contribution in [0, 0.1) is 11.3 Å². The third kappa shape index (κ3) is 5.44. The summed E-state index contributed by atoms with van der Waals surface area (Å²) in [7, 11) is 0. The number of likely N-dealkylation sites (N-methyl/N-ethyl adjacent to an activating group) is 1. The van der Waals surface area contributed by atoms with Gasteiger partial charge >= 0.3 is 0 Å². The van der Waals surface area contributed by atoms with E-state index in [1.54, 1.807) is 18.2 Å². The molecule has 0 unspecified atom stereocenters. The van der Waals surface area contributed by atoms with Gasteiger partial charge in [-0.2, -0.15) is 5.26 Å². The van der Waals surface area contributed by atoms with Crippen LogP contribution in [0.5, 0.6) is 0 Å².